The van der Waals surface area contributed by atoms with Crippen molar-refractivity contribution >= 4 is 28.6 Å². The highest BCUT2D eigenvalue weighted by Gasteiger charge is 2.16. The van der Waals surface area contributed by atoms with Crippen LogP contribution in [-0.4, -0.2) is 16.0 Å². The van der Waals surface area contributed by atoms with Gasteiger partial charge in [0.05, 0.1) is 0 Å². The Kier molecular flexibility index (Phi) is 3.47. The number of hydrogen-bond acceptors (Lipinski definition) is 4. The van der Waals surface area contributed by atoms with Crippen LogP contribution in [0.5, 0.6) is 0 Å². The number of benzene rings is 1. The van der Waals surface area contributed by atoms with Gasteiger partial charge >= 0.3 is 0 Å². The van der Waals surface area contributed by atoms with E-state index < -0.39 is 0 Å². The van der Waals surface area contributed by atoms with E-state index in [4.69, 9.17) is 16.0 Å². The number of halogens is 1. The summed E-state index contributed by atoms with van der Waals surface area (Å²) in [6.45, 7) is 0. The number of fused-ring (bicyclic) bond motifs is 1. The molecule has 2 aromatic heterocycles. The van der Waals surface area contributed by atoms with Crippen LogP contribution in [0.2, 0.25) is 5.02 Å². The van der Waals surface area contributed by atoms with Crippen molar-refractivity contribution in [3.63, 3.8) is 0 Å². The van der Waals surface area contributed by atoms with Gasteiger partial charge < -0.3 is 9.73 Å². The summed E-state index contributed by atoms with van der Waals surface area (Å²) in [5.74, 6) is 1.40. The molecule has 1 N–H and O–H groups in total. The first kappa shape index (κ1) is 13.6. The lowest BCUT2D eigenvalue weighted by atomic mass is 10.2. The van der Waals surface area contributed by atoms with Gasteiger partial charge in [0.1, 0.15) is 11.3 Å². The molecule has 1 aromatic carbocycles. The van der Waals surface area contributed by atoms with Crippen LogP contribution in [-0.2, 0) is 0 Å². The van der Waals surface area contributed by atoms with Crippen molar-refractivity contribution < 1.29 is 4.42 Å². The van der Waals surface area contributed by atoms with E-state index in [1.54, 1.807) is 0 Å². The molecule has 112 valence electrons. The summed E-state index contributed by atoms with van der Waals surface area (Å²) >= 11 is 6.02. The van der Waals surface area contributed by atoms with Crippen LogP contribution in [0.1, 0.15) is 25.7 Å². The second-order valence-electron chi connectivity index (χ2n) is 5.68. The largest absolute Gasteiger partial charge is 0.418 e. The van der Waals surface area contributed by atoms with E-state index in [0.717, 1.165) is 16.9 Å². The van der Waals surface area contributed by atoms with Gasteiger partial charge in [-0.3, -0.25) is 0 Å². The van der Waals surface area contributed by atoms with Gasteiger partial charge in [0.25, 0.3) is 0 Å². The Morgan fingerprint density at radius 1 is 1.09 bits per heavy atom. The fourth-order valence-electron chi connectivity index (χ4n) is 2.92. The van der Waals surface area contributed by atoms with Crippen LogP contribution in [0.15, 0.2) is 40.8 Å². The average molecular weight is 314 g/mol. The number of nitrogens with zero attached hydrogens (tertiary/aromatic N) is 2. The lowest BCUT2D eigenvalue weighted by Gasteiger charge is -2.11. The minimum atomic E-state index is 0.528. The number of aromatic nitrogens is 2. The summed E-state index contributed by atoms with van der Waals surface area (Å²) < 4.78 is 5.79. The number of pyridine rings is 1. The van der Waals surface area contributed by atoms with Crippen LogP contribution in [0, 0.1) is 0 Å². The zero-order valence-electron chi connectivity index (χ0n) is 12.1. The highest BCUT2D eigenvalue weighted by atomic mass is 35.5. The first-order valence-electron chi connectivity index (χ1n) is 7.58. The molecule has 1 aliphatic carbocycles. The number of hydrogen-bond donors (Lipinski definition) is 1. The van der Waals surface area contributed by atoms with Crippen LogP contribution >= 0.6 is 11.6 Å². The minimum absolute atomic E-state index is 0.528. The van der Waals surface area contributed by atoms with Gasteiger partial charge in [0, 0.05) is 16.6 Å². The van der Waals surface area contributed by atoms with E-state index in [2.05, 4.69) is 15.3 Å². The molecule has 2 heterocycles. The van der Waals surface area contributed by atoms with Crippen molar-refractivity contribution in [2.24, 2.45) is 0 Å². The molecular weight excluding hydrogens is 298 g/mol. The first-order chi connectivity index (χ1) is 10.8. The molecule has 0 atom stereocenters. The van der Waals surface area contributed by atoms with Gasteiger partial charge in [-0.1, -0.05) is 30.5 Å². The third kappa shape index (κ3) is 2.66. The van der Waals surface area contributed by atoms with Gasteiger partial charge in [-0.15, -0.1) is 0 Å². The van der Waals surface area contributed by atoms with Crippen LogP contribution in [0.25, 0.3) is 22.7 Å². The lowest BCUT2D eigenvalue weighted by molar-refractivity contribution is 0.607. The van der Waals surface area contributed by atoms with Crippen molar-refractivity contribution in [2.45, 2.75) is 31.7 Å². The molecule has 0 radical (unpaired) electrons. The highest BCUT2D eigenvalue weighted by molar-refractivity contribution is 6.30. The Morgan fingerprint density at radius 3 is 2.77 bits per heavy atom. The molecule has 3 aromatic rings. The Bertz CT molecular complexity index is 809. The Balaban J connectivity index is 1.65. The Labute approximate surface area is 133 Å². The Morgan fingerprint density at radius 2 is 1.95 bits per heavy atom. The highest BCUT2D eigenvalue weighted by Crippen LogP contribution is 2.27. The topological polar surface area (TPSA) is 51.0 Å². The fraction of sp³-hybridized carbons (Fsp3) is 0.294. The van der Waals surface area contributed by atoms with Gasteiger partial charge in [-0.25, -0.2) is 4.98 Å². The maximum atomic E-state index is 6.02. The first-order valence-corrected chi connectivity index (χ1v) is 7.96. The summed E-state index contributed by atoms with van der Waals surface area (Å²) in [4.78, 5) is 9.02. The standard InChI is InChI=1S/C17H16ClN3O/c18-12-5-3-4-11(10-12)16-20-14-8-9-15(21-17(14)22-16)19-13-6-1-2-7-13/h3-5,8-10,13H,1-2,6-7H2,(H,19,21). The average Bonchev–Trinajstić information content (AvgIpc) is 3.16. The fourth-order valence-corrected chi connectivity index (χ4v) is 3.11. The second kappa shape index (κ2) is 5.61. The lowest BCUT2D eigenvalue weighted by Crippen LogP contribution is -2.15. The predicted molar refractivity (Wildman–Crippen MR) is 88.1 cm³/mol. The SMILES string of the molecule is Clc1cccc(-c2nc3ccc(NC4CCCC4)nc3o2)c1. The van der Waals surface area contributed by atoms with Crippen LogP contribution in [0.3, 0.4) is 0 Å². The molecule has 4 rings (SSSR count). The molecule has 0 saturated heterocycles. The van der Waals surface area contributed by atoms with Gasteiger partial charge in [-0.2, -0.15) is 4.98 Å². The molecule has 5 heteroatoms. The molecule has 0 aliphatic heterocycles. The van der Waals surface area contributed by atoms with E-state index in [1.807, 2.05) is 36.4 Å². The van der Waals surface area contributed by atoms with Crippen LogP contribution in [0.4, 0.5) is 5.82 Å². The smallest absolute Gasteiger partial charge is 0.249 e. The maximum Gasteiger partial charge on any atom is 0.249 e. The molecule has 1 fully saturated rings. The molecule has 1 aliphatic rings. The summed E-state index contributed by atoms with van der Waals surface area (Å²) in [7, 11) is 0. The molecule has 1 saturated carbocycles. The molecule has 22 heavy (non-hydrogen) atoms. The number of anilines is 1. The van der Waals surface area contributed by atoms with Crippen molar-refractivity contribution in [3.8, 4) is 11.5 Å². The zero-order valence-corrected chi connectivity index (χ0v) is 12.8. The summed E-state index contributed by atoms with van der Waals surface area (Å²) in [5, 5.41) is 4.13. The molecule has 0 amide bonds. The van der Waals surface area contributed by atoms with Gasteiger partial charge in [0.2, 0.25) is 11.6 Å². The summed E-state index contributed by atoms with van der Waals surface area (Å²) in [6.07, 6.45) is 5.01. The maximum absolute atomic E-state index is 6.02. The second-order valence-corrected chi connectivity index (χ2v) is 6.11. The Hall–Kier alpha value is -2.07. The van der Waals surface area contributed by atoms with E-state index in [1.165, 1.54) is 25.7 Å². The number of nitrogens with one attached hydrogen (secondary N) is 1. The van der Waals surface area contributed by atoms with E-state index in [9.17, 15) is 0 Å². The zero-order chi connectivity index (χ0) is 14.9. The molecule has 0 bridgehead atoms. The quantitative estimate of drug-likeness (QED) is 0.747. The summed E-state index contributed by atoms with van der Waals surface area (Å²) in [5.41, 5.74) is 2.17. The predicted octanol–water partition coefficient (Wildman–Crippen LogP) is 4.90. The normalized spacial score (nSPS) is 15.5. The van der Waals surface area contributed by atoms with E-state index in [-0.39, 0.29) is 0 Å². The van der Waals surface area contributed by atoms with E-state index >= 15 is 0 Å². The van der Waals surface area contributed by atoms with Crippen molar-refractivity contribution in [2.75, 3.05) is 5.32 Å². The van der Waals surface area contributed by atoms with Crippen LogP contribution < -0.4 is 5.32 Å². The van der Waals surface area contributed by atoms with Crippen molar-refractivity contribution in [1.29, 1.82) is 0 Å². The van der Waals surface area contributed by atoms with Gasteiger partial charge in [-0.05, 0) is 43.2 Å². The third-order valence-corrected chi connectivity index (χ3v) is 4.27. The molecule has 4 nitrogen and oxygen atoms in total. The monoisotopic (exact) mass is 313 g/mol. The molecule has 0 unspecified atom stereocenters. The molecular formula is C17H16ClN3O. The number of oxazole rings is 1. The third-order valence-electron chi connectivity index (χ3n) is 4.03. The minimum Gasteiger partial charge on any atom is -0.418 e. The number of rotatable bonds is 3. The van der Waals surface area contributed by atoms with Crippen molar-refractivity contribution in [3.05, 3.63) is 41.4 Å². The van der Waals surface area contributed by atoms with Crippen molar-refractivity contribution in [1.82, 2.24) is 9.97 Å². The van der Waals surface area contributed by atoms with Gasteiger partial charge in [0.15, 0.2) is 0 Å². The molecule has 0 spiro atoms. The summed E-state index contributed by atoms with van der Waals surface area (Å²) in [6, 6.07) is 11.9. The van der Waals surface area contributed by atoms with E-state index in [0.29, 0.717) is 22.7 Å².